The molecule has 0 bridgehead atoms. The molecule has 12 heteroatoms. The normalized spacial score (nSPS) is 17.4. The van der Waals surface area contributed by atoms with Crippen LogP contribution in [0.2, 0.25) is 0 Å². The zero-order valence-corrected chi connectivity index (χ0v) is 25.1. The van der Waals surface area contributed by atoms with Gasteiger partial charge in [-0.1, -0.05) is 13.3 Å². The number of anilines is 1. The third-order valence-electron chi connectivity index (χ3n) is 7.49. The van der Waals surface area contributed by atoms with E-state index in [1.165, 1.54) is 0 Å². The Hall–Kier alpha value is -3.65. The monoisotopic (exact) mass is 595 g/mol. The topological polar surface area (TPSA) is 121 Å². The van der Waals surface area contributed by atoms with Gasteiger partial charge in [0, 0.05) is 7.11 Å². The standard InChI is InChI=1S/C30H38N5O6P/c1-3-4-17-41-30(38)34-15-13-33(14-16-34)29(37)25(11-18-42-39)32-28(36)27-20-23(35-12-10-24(21-35)40-2)19-26(31-27)22-8-6-5-7-9-22/h5-9,19-20,24-25H,3-4,10-17,21H2,1-2H3,(H,32,36)/t24-,25+/m0/s1. The molecule has 2 aromatic rings. The number of nitrogens with zero attached hydrogens (tertiary/aromatic N) is 4. The van der Waals surface area contributed by atoms with Crippen LogP contribution >= 0.6 is 7.92 Å². The van der Waals surface area contributed by atoms with Crippen LogP contribution in [-0.2, 0) is 18.8 Å². The molecule has 2 aliphatic rings. The Kier molecular flexibility index (Phi) is 11.6. The van der Waals surface area contributed by atoms with Crippen molar-refractivity contribution in [2.24, 2.45) is 0 Å². The Bertz CT molecular complexity index is 1350. The van der Waals surface area contributed by atoms with Crippen LogP contribution in [0.15, 0.2) is 42.5 Å². The van der Waals surface area contributed by atoms with Crippen LogP contribution in [0.25, 0.3) is 11.3 Å². The van der Waals surface area contributed by atoms with E-state index >= 15 is 0 Å². The van der Waals surface area contributed by atoms with Crippen LogP contribution in [0, 0.1) is 5.63 Å². The van der Waals surface area contributed by atoms with E-state index in [2.05, 4.69) is 20.8 Å². The summed E-state index contributed by atoms with van der Waals surface area (Å²) in [5.74, 6) is -0.849. The number of hydrogen-bond acceptors (Lipinski definition) is 8. The molecule has 224 valence electrons. The second kappa shape index (κ2) is 15.5. The Balaban J connectivity index is 1.49. The van der Waals surface area contributed by atoms with E-state index in [4.69, 9.17) is 9.47 Å². The molecule has 2 atom stereocenters. The number of amides is 3. The van der Waals surface area contributed by atoms with Gasteiger partial charge in [-0.2, -0.15) is 0 Å². The summed E-state index contributed by atoms with van der Waals surface area (Å²) >= 11 is 0. The minimum atomic E-state index is -0.989. The first kappa shape index (κ1) is 31.3. The molecule has 42 heavy (non-hydrogen) atoms. The van der Waals surface area contributed by atoms with Crippen molar-refractivity contribution in [2.75, 3.05) is 57.9 Å². The van der Waals surface area contributed by atoms with E-state index in [1.807, 2.05) is 43.3 Å². The summed E-state index contributed by atoms with van der Waals surface area (Å²) in [5, 5.41) is 2.80. The van der Waals surface area contributed by atoms with Crippen molar-refractivity contribution in [3.8, 4) is 16.9 Å². The van der Waals surface area contributed by atoms with Gasteiger partial charge < -0.3 is 0 Å². The first-order valence-corrected chi connectivity index (χ1v) is 15.2. The Labute approximate surface area is 247 Å². The number of pyridine rings is 1. The molecule has 1 aromatic heterocycles. The average molecular weight is 596 g/mol. The predicted molar refractivity (Wildman–Crippen MR) is 159 cm³/mol. The van der Waals surface area contributed by atoms with Gasteiger partial charge >= 0.3 is 227 Å². The zero-order valence-electron chi connectivity index (χ0n) is 24.2. The van der Waals surface area contributed by atoms with Gasteiger partial charge in [0.2, 0.25) is 0 Å². The molecule has 4 rings (SSSR count). The average Bonchev–Trinajstić information content (AvgIpc) is 3.52. The van der Waals surface area contributed by atoms with Crippen LogP contribution in [0.3, 0.4) is 0 Å². The quantitative estimate of drug-likeness (QED) is 0.325. The van der Waals surface area contributed by atoms with Gasteiger partial charge in [0.05, 0.1) is 0 Å². The van der Waals surface area contributed by atoms with Crippen LogP contribution < -0.4 is 10.2 Å². The summed E-state index contributed by atoms with van der Waals surface area (Å²) in [6.07, 6.45) is 2.28. The molecular weight excluding hydrogens is 557 g/mol. The van der Waals surface area contributed by atoms with Crippen LogP contribution in [0.4, 0.5) is 10.5 Å². The van der Waals surface area contributed by atoms with E-state index in [0.29, 0.717) is 45.0 Å². The van der Waals surface area contributed by atoms with E-state index in [0.717, 1.165) is 37.1 Å². The number of methoxy groups -OCH3 is 1. The van der Waals surface area contributed by atoms with Crippen molar-refractivity contribution in [1.82, 2.24) is 20.1 Å². The summed E-state index contributed by atoms with van der Waals surface area (Å²) in [5.41, 5.74) is 5.13. The Morgan fingerprint density at radius 2 is 1.83 bits per heavy atom. The minimum absolute atomic E-state index is 0.0399. The molecule has 2 saturated heterocycles. The molecule has 0 spiro atoms. The fourth-order valence-electron chi connectivity index (χ4n) is 5.01. The van der Waals surface area contributed by atoms with Gasteiger partial charge in [0.25, 0.3) is 0 Å². The van der Waals surface area contributed by atoms with E-state index in [9.17, 15) is 18.9 Å². The molecule has 3 heterocycles. The van der Waals surface area contributed by atoms with Crippen LogP contribution in [0.1, 0.15) is 43.1 Å². The Morgan fingerprint density at radius 1 is 1.10 bits per heavy atom. The van der Waals surface area contributed by atoms with E-state index in [-0.39, 0.29) is 38.1 Å². The molecule has 2 aliphatic heterocycles. The summed E-state index contributed by atoms with van der Waals surface area (Å²) in [4.78, 5) is 49.3. The molecule has 3 amide bonds. The summed E-state index contributed by atoms with van der Waals surface area (Å²) in [6.45, 7) is 5.11. The van der Waals surface area contributed by atoms with Crippen LogP contribution in [0.5, 0.6) is 0 Å². The van der Waals surface area contributed by atoms with Crippen molar-refractivity contribution in [3.63, 3.8) is 0 Å². The van der Waals surface area contributed by atoms with Gasteiger partial charge in [-0.25, -0.2) is 0 Å². The SMILES string of the molecule is CCCCOC(=O)N1CCN(C(=O)[C@@H](CC#P=O)NC(=O)c2cc(N3CC[C@H](OC)C3)cc(-c3ccccc3)n2)CC1. The van der Waals surface area contributed by atoms with Gasteiger partial charge in [0.1, 0.15) is 0 Å². The number of ether oxygens (including phenoxy) is 2. The molecule has 0 aliphatic carbocycles. The number of benzene rings is 1. The number of aromatic nitrogens is 1. The number of hydrogen-bond donors (Lipinski definition) is 1. The van der Waals surface area contributed by atoms with Gasteiger partial charge in [-0.05, 0) is 0 Å². The molecule has 11 nitrogen and oxygen atoms in total. The van der Waals surface area contributed by atoms with E-state index in [1.54, 1.807) is 23.0 Å². The molecule has 1 N–H and O–H groups in total. The molecule has 0 radical (unpaired) electrons. The first-order chi connectivity index (χ1) is 20.4. The van der Waals surface area contributed by atoms with E-state index < -0.39 is 11.9 Å². The van der Waals surface area contributed by atoms with Crippen molar-refractivity contribution in [3.05, 3.63) is 48.2 Å². The van der Waals surface area contributed by atoms with Gasteiger partial charge in [0.15, 0.2) is 0 Å². The first-order valence-electron chi connectivity index (χ1n) is 14.3. The summed E-state index contributed by atoms with van der Waals surface area (Å²) < 4.78 is 22.0. The van der Waals surface area contributed by atoms with Crippen molar-refractivity contribution < 1.29 is 28.4 Å². The molecular formula is C30H38N5O6P. The molecule has 0 saturated carbocycles. The number of unbranched alkanes of at least 4 members (excludes halogenated alkanes) is 1. The maximum absolute atomic E-state index is 13.6. The third kappa shape index (κ3) is 8.22. The second-order valence-corrected chi connectivity index (χ2v) is 10.8. The van der Waals surface area contributed by atoms with Crippen molar-refractivity contribution in [1.29, 1.82) is 0 Å². The fourth-order valence-corrected chi connectivity index (χ4v) is 5.27. The molecule has 2 fully saturated rings. The summed E-state index contributed by atoms with van der Waals surface area (Å²) in [7, 11) is 1.34. The molecule has 0 unspecified atom stereocenters. The van der Waals surface area contributed by atoms with Crippen molar-refractivity contribution in [2.45, 2.75) is 44.8 Å². The number of rotatable bonds is 10. The second-order valence-electron chi connectivity index (χ2n) is 10.3. The van der Waals surface area contributed by atoms with Crippen molar-refractivity contribution >= 4 is 31.5 Å². The zero-order chi connectivity index (χ0) is 29.9. The summed E-state index contributed by atoms with van der Waals surface area (Å²) in [6, 6.07) is 12.3. The predicted octanol–water partition coefficient (Wildman–Crippen LogP) is 3.79. The maximum atomic E-state index is 13.6. The van der Waals surface area contributed by atoms with Crippen LogP contribution in [-0.4, -0.2) is 97.8 Å². The number of nitrogens with one attached hydrogen (secondary N) is 1. The number of piperazine rings is 1. The number of carbonyl (C=O) groups excluding carboxylic acids is 3. The van der Waals surface area contributed by atoms with Gasteiger partial charge in [-0.3, -0.25) is 0 Å². The van der Waals surface area contributed by atoms with Gasteiger partial charge in [-0.15, -0.1) is 0 Å². The fraction of sp³-hybridized carbons (Fsp3) is 0.500. The number of carbonyl (C=O) groups is 3. The molecule has 1 aromatic carbocycles. The Morgan fingerprint density at radius 3 is 2.50 bits per heavy atom. The third-order valence-corrected chi connectivity index (χ3v) is 7.80.